The van der Waals surface area contributed by atoms with Gasteiger partial charge >= 0.3 is 0 Å². The molecule has 0 radical (unpaired) electrons. The molecule has 4 heterocycles. The number of aromatic nitrogens is 2. The topological polar surface area (TPSA) is 63.4 Å². The van der Waals surface area contributed by atoms with Gasteiger partial charge in [-0.15, -0.1) is 24.0 Å². The van der Waals surface area contributed by atoms with Crippen LogP contribution < -0.4 is 5.32 Å². The van der Waals surface area contributed by atoms with Crippen LogP contribution in [-0.4, -0.2) is 65.3 Å². The third-order valence-electron chi connectivity index (χ3n) is 5.75. The van der Waals surface area contributed by atoms with E-state index in [0.717, 1.165) is 69.4 Å². The minimum absolute atomic E-state index is 0. The first kappa shape index (κ1) is 23.3. The van der Waals surface area contributed by atoms with E-state index in [1.807, 2.05) is 12.1 Å². The van der Waals surface area contributed by atoms with E-state index in [4.69, 9.17) is 19.5 Å². The van der Waals surface area contributed by atoms with Gasteiger partial charge in [-0.1, -0.05) is 6.07 Å². The zero-order valence-corrected chi connectivity index (χ0v) is 20.4. The van der Waals surface area contributed by atoms with Crippen molar-refractivity contribution in [2.24, 2.45) is 4.99 Å². The summed E-state index contributed by atoms with van der Waals surface area (Å²) in [5.41, 5.74) is 3.15. The van der Waals surface area contributed by atoms with Gasteiger partial charge in [-0.25, -0.2) is 9.98 Å². The van der Waals surface area contributed by atoms with E-state index in [1.165, 1.54) is 12.1 Å². The van der Waals surface area contributed by atoms with E-state index in [9.17, 15) is 0 Å². The molecule has 2 aliphatic heterocycles. The van der Waals surface area contributed by atoms with Crippen LogP contribution in [0.3, 0.4) is 0 Å². The molecule has 0 saturated carbocycles. The average molecular weight is 527 g/mol. The molecule has 8 heteroatoms. The van der Waals surface area contributed by atoms with E-state index in [2.05, 4.69) is 40.7 Å². The number of nitrogens with zero attached hydrogens (tertiary/aromatic N) is 4. The van der Waals surface area contributed by atoms with Crippen LogP contribution in [0.25, 0.3) is 5.65 Å². The molecule has 2 fully saturated rings. The maximum absolute atomic E-state index is 6.10. The van der Waals surface area contributed by atoms with Crippen LogP contribution in [0.15, 0.2) is 29.4 Å². The second kappa shape index (κ2) is 11.3. The number of rotatable bonds is 6. The molecule has 0 bridgehead atoms. The van der Waals surface area contributed by atoms with Crippen molar-refractivity contribution in [2.45, 2.75) is 58.3 Å². The molecule has 0 spiro atoms. The number of halogens is 1. The summed E-state index contributed by atoms with van der Waals surface area (Å²) in [6, 6.07) is 6.17. The largest absolute Gasteiger partial charge is 0.376 e. The van der Waals surface area contributed by atoms with Gasteiger partial charge in [0.25, 0.3) is 0 Å². The summed E-state index contributed by atoms with van der Waals surface area (Å²) in [5, 5.41) is 3.44. The highest BCUT2D eigenvalue weighted by molar-refractivity contribution is 14.0. The van der Waals surface area contributed by atoms with Gasteiger partial charge in [0, 0.05) is 38.1 Å². The van der Waals surface area contributed by atoms with Crippen molar-refractivity contribution >= 4 is 35.6 Å². The van der Waals surface area contributed by atoms with Crippen LogP contribution in [0.4, 0.5) is 0 Å². The smallest absolute Gasteiger partial charge is 0.194 e. The third-order valence-corrected chi connectivity index (χ3v) is 5.75. The second-order valence-electron chi connectivity index (χ2n) is 7.95. The van der Waals surface area contributed by atoms with Gasteiger partial charge in [0.15, 0.2) is 5.96 Å². The normalized spacial score (nSPS) is 20.5. The lowest BCUT2D eigenvalue weighted by Crippen LogP contribution is -2.47. The van der Waals surface area contributed by atoms with Crippen molar-refractivity contribution in [3.05, 3.63) is 35.8 Å². The lowest BCUT2D eigenvalue weighted by Gasteiger charge is -2.34. The standard InChI is InChI=1S/C22H33N5O2.HI/c1-3-23-22(24-14-18-15-27-17(2)6-4-8-21(27)25-18)26-11-9-19(10-12-26)29-16-20-7-5-13-28-20;/h4,6,8,15,19-20H,3,5,7,9-14,16H2,1-2H3,(H,23,24);1H. The number of fused-ring (bicyclic) bond motifs is 1. The molecule has 1 unspecified atom stereocenters. The Balaban J connectivity index is 0.00000256. The number of aliphatic imine (C=N–C) groups is 1. The molecule has 2 aromatic heterocycles. The van der Waals surface area contributed by atoms with Crippen LogP contribution in [0, 0.1) is 6.92 Å². The molecule has 0 aromatic carbocycles. The Kier molecular flexibility index (Phi) is 8.76. The Morgan fingerprint density at radius 2 is 2.13 bits per heavy atom. The molecule has 0 amide bonds. The first-order valence-corrected chi connectivity index (χ1v) is 10.9. The predicted molar refractivity (Wildman–Crippen MR) is 130 cm³/mol. The first-order valence-electron chi connectivity index (χ1n) is 10.9. The third kappa shape index (κ3) is 5.85. The van der Waals surface area contributed by atoms with Crippen molar-refractivity contribution in [1.82, 2.24) is 19.6 Å². The molecular formula is C22H34IN5O2. The molecule has 7 nitrogen and oxygen atoms in total. The lowest BCUT2D eigenvalue weighted by atomic mass is 10.1. The minimum Gasteiger partial charge on any atom is -0.376 e. The van der Waals surface area contributed by atoms with Gasteiger partial charge in [0.2, 0.25) is 0 Å². The van der Waals surface area contributed by atoms with Gasteiger partial charge < -0.3 is 24.1 Å². The zero-order chi connectivity index (χ0) is 20.1. The van der Waals surface area contributed by atoms with E-state index in [1.54, 1.807) is 0 Å². The number of hydrogen-bond acceptors (Lipinski definition) is 4. The highest BCUT2D eigenvalue weighted by atomic mass is 127. The predicted octanol–water partition coefficient (Wildman–Crippen LogP) is 3.39. The summed E-state index contributed by atoms with van der Waals surface area (Å²) in [6.07, 6.45) is 7.10. The summed E-state index contributed by atoms with van der Waals surface area (Å²) < 4.78 is 13.9. The fourth-order valence-corrected chi connectivity index (χ4v) is 4.11. The van der Waals surface area contributed by atoms with Gasteiger partial charge in [-0.3, -0.25) is 0 Å². The maximum Gasteiger partial charge on any atom is 0.194 e. The average Bonchev–Trinajstić information content (AvgIpc) is 3.40. The van der Waals surface area contributed by atoms with E-state index >= 15 is 0 Å². The molecule has 2 aliphatic rings. The number of ether oxygens (including phenoxy) is 2. The molecule has 1 N–H and O–H groups in total. The minimum atomic E-state index is 0. The molecule has 2 aromatic rings. The second-order valence-corrected chi connectivity index (χ2v) is 7.95. The summed E-state index contributed by atoms with van der Waals surface area (Å²) in [7, 11) is 0. The highest BCUT2D eigenvalue weighted by Gasteiger charge is 2.24. The van der Waals surface area contributed by atoms with Crippen molar-refractivity contribution in [2.75, 3.05) is 32.8 Å². The molecule has 1 atom stereocenters. The number of piperidine rings is 1. The Morgan fingerprint density at radius 1 is 1.30 bits per heavy atom. The van der Waals surface area contributed by atoms with Crippen LogP contribution >= 0.6 is 24.0 Å². The quantitative estimate of drug-likeness (QED) is 0.355. The molecule has 2 saturated heterocycles. The summed E-state index contributed by atoms with van der Waals surface area (Å²) in [4.78, 5) is 11.9. The van der Waals surface area contributed by atoms with Gasteiger partial charge in [-0.2, -0.15) is 0 Å². The summed E-state index contributed by atoms with van der Waals surface area (Å²) >= 11 is 0. The number of hydrogen-bond donors (Lipinski definition) is 1. The lowest BCUT2D eigenvalue weighted by molar-refractivity contribution is -0.0367. The van der Waals surface area contributed by atoms with Crippen LogP contribution in [0.2, 0.25) is 0 Å². The maximum atomic E-state index is 6.10. The number of aryl methyl sites for hydroxylation is 1. The fourth-order valence-electron chi connectivity index (χ4n) is 4.11. The van der Waals surface area contributed by atoms with Crippen LogP contribution in [-0.2, 0) is 16.0 Å². The Labute approximate surface area is 196 Å². The van der Waals surface area contributed by atoms with E-state index in [0.29, 0.717) is 18.8 Å². The summed E-state index contributed by atoms with van der Waals surface area (Å²) in [6.45, 7) is 9.21. The molecule has 0 aliphatic carbocycles. The van der Waals surface area contributed by atoms with Gasteiger partial charge in [0.05, 0.1) is 31.1 Å². The number of imidazole rings is 1. The van der Waals surface area contributed by atoms with Crippen LogP contribution in [0.5, 0.6) is 0 Å². The van der Waals surface area contributed by atoms with Gasteiger partial charge in [-0.05, 0) is 51.7 Å². The Bertz CT molecular complexity index is 826. The van der Waals surface area contributed by atoms with E-state index in [-0.39, 0.29) is 24.0 Å². The number of guanidine groups is 1. The van der Waals surface area contributed by atoms with Crippen molar-refractivity contribution in [3.63, 3.8) is 0 Å². The van der Waals surface area contributed by atoms with Crippen molar-refractivity contribution in [3.8, 4) is 0 Å². The van der Waals surface area contributed by atoms with E-state index < -0.39 is 0 Å². The monoisotopic (exact) mass is 527 g/mol. The number of nitrogens with one attached hydrogen (secondary N) is 1. The fraction of sp³-hybridized carbons (Fsp3) is 0.636. The van der Waals surface area contributed by atoms with Crippen molar-refractivity contribution < 1.29 is 9.47 Å². The molecular weight excluding hydrogens is 493 g/mol. The molecule has 4 rings (SSSR count). The summed E-state index contributed by atoms with van der Waals surface area (Å²) in [5.74, 6) is 0.971. The van der Waals surface area contributed by atoms with Gasteiger partial charge in [0.1, 0.15) is 5.65 Å². The Morgan fingerprint density at radius 3 is 2.83 bits per heavy atom. The molecule has 30 heavy (non-hydrogen) atoms. The first-order chi connectivity index (χ1) is 14.2. The SMILES string of the molecule is CCNC(=NCc1cn2c(C)cccc2n1)N1CCC(OCC2CCCO2)CC1.I. The zero-order valence-electron chi connectivity index (χ0n) is 18.0. The number of likely N-dealkylation sites (tertiary alicyclic amines) is 1. The highest BCUT2D eigenvalue weighted by Crippen LogP contribution is 2.18. The Hall–Kier alpha value is -1.39. The van der Waals surface area contributed by atoms with Crippen molar-refractivity contribution in [1.29, 1.82) is 0 Å². The van der Waals surface area contributed by atoms with Crippen LogP contribution in [0.1, 0.15) is 44.0 Å². The molecule has 166 valence electrons. The number of pyridine rings is 1.